The van der Waals surface area contributed by atoms with Crippen LogP contribution < -0.4 is 5.43 Å². The van der Waals surface area contributed by atoms with Gasteiger partial charge in [0.2, 0.25) is 0 Å². The molecule has 0 spiro atoms. The maximum atomic E-state index is 10.6. The normalized spacial score (nSPS) is 10.3. The maximum Gasteiger partial charge on any atom is 0.269 e. The molecule has 0 bridgehead atoms. The number of nitro groups is 1. The van der Waals surface area contributed by atoms with E-state index >= 15 is 0 Å². The number of non-ortho nitro benzene ring substituents is 1. The molecule has 1 rings (SSSR count). The summed E-state index contributed by atoms with van der Waals surface area (Å²) < 4.78 is 0. The van der Waals surface area contributed by atoms with Gasteiger partial charge < -0.3 is 5.11 Å². The Labute approximate surface area is 90.6 Å². The molecule has 0 aliphatic rings. The van der Waals surface area contributed by atoms with Crippen LogP contribution in [0, 0.1) is 10.1 Å². The van der Waals surface area contributed by atoms with Crippen molar-refractivity contribution in [3.8, 4) is 0 Å². The van der Waals surface area contributed by atoms with Gasteiger partial charge in [-0.05, 0) is 17.7 Å². The van der Waals surface area contributed by atoms with Gasteiger partial charge in [0.1, 0.15) is 6.61 Å². The van der Waals surface area contributed by atoms with Crippen molar-refractivity contribution in [2.45, 2.75) is 0 Å². The van der Waals surface area contributed by atoms with Crippen LogP contribution in [0.25, 0.3) is 0 Å². The number of nitrogens with zero attached hydrogens (tertiary/aromatic N) is 2. The molecular weight excluding hydrogens is 214 g/mol. The minimum absolute atomic E-state index is 0.0171. The third-order valence-electron chi connectivity index (χ3n) is 1.65. The molecule has 0 aromatic heterocycles. The van der Waals surface area contributed by atoms with Crippen molar-refractivity contribution < 1.29 is 14.8 Å². The monoisotopic (exact) mass is 223 g/mol. The van der Waals surface area contributed by atoms with Gasteiger partial charge in [-0.3, -0.25) is 14.9 Å². The molecule has 0 atom stereocenters. The van der Waals surface area contributed by atoms with Crippen LogP contribution in [0.2, 0.25) is 0 Å². The van der Waals surface area contributed by atoms with Gasteiger partial charge in [0.05, 0.1) is 11.1 Å². The zero-order valence-electron chi connectivity index (χ0n) is 8.16. The van der Waals surface area contributed by atoms with E-state index in [9.17, 15) is 14.9 Å². The topological polar surface area (TPSA) is 105 Å². The molecule has 1 amide bonds. The number of rotatable bonds is 4. The zero-order chi connectivity index (χ0) is 12.0. The molecule has 0 radical (unpaired) electrons. The number of benzene rings is 1. The van der Waals surface area contributed by atoms with Crippen LogP contribution in [-0.2, 0) is 4.79 Å². The fraction of sp³-hybridized carbons (Fsp3) is 0.111. The van der Waals surface area contributed by atoms with Crippen LogP contribution in [0.3, 0.4) is 0 Å². The van der Waals surface area contributed by atoms with E-state index in [0.717, 1.165) is 0 Å². The first-order valence-corrected chi connectivity index (χ1v) is 4.30. The molecule has 0 heterocycles. The minimum atomic E-state index is -0.641. The predicted octanol–water partition coefficient (Wildman–Crippen LogP) is 0.0372. The molecule has 0 fully saturated rings. The number of aliphatic hydroxyl groups excluding tert-OH is 1. The van der Waals surface area contributed by atoms with Crippen molar-refractivity contribution in [1.29, 1.82) is 0 Å². The van der Waals surface area contributed by atoms with Gasteiger partial charge in [0.15, 0.2) is 0 Å². The maximum absolute atomic E-state index is 10.6. The summed E-state index contributed by atoms with van der Waals surface area (Å²) in [5, 5.41) is 22.2. The highest BCUT2D eigenvalue weighted by atomic mass is 16.6. The number of nitro benzene ring substituents is 1. The summed E-state index contributed by atoms with van der Waals surface area (Å²) in [6.45, 7) is -0.641. The fourth-order valence-corrected chi connectivity index (χ4v) is 0.896. The minimum Gasteiger partial charge on any atom is -0.386 e. The lowest BCUT2D eigenvalue weighted by molar-refractivity contribution is -0.384. The Morgan fingerprint density at radius 2 is 2.12 bits per heavy atom. The molecule has 2 N–H and O–H groups in total. The van der Waals surface area contributed by atoms with E-state index in [2.05, 4.69) is 10.5 Å². The van der Waals surface area contributed by atoms with Crippen molar-refractivity contribution in [2.75, 3.05) is 6.61 Å². The highest BCUT2D eigenvalue weighted by molar-refractivity contribution is 5.82. The van der Waals surface area contributed by atoms with E-state index < -0.39 is 17.4 Å². The molecule has 1 aromatic carbocycles. The molecule has 0 aliphatic carbocycles. The Hall–Kier alpha value is -2.28. The van der Waals surface area contributed by atoms with Gasteiger partial charge in [0.25, 0.3) is 11.6 Å². The zero-order valence-corrected chi connectivity index (χ0v) is 8.16. The number of hydrazone groups is 1. The largest absolute Gasteiger partial charge is 0.386 e. The Bertz CT molecular complexity index is 413. The second kappa shape index (κ2) is 5.56. The number of amides is 1. The highest BCUT2D eigenvalue weighted by Crippen LogP contribution is 2.10. The van der Waals surface area contributed by atoms with E-state index in [-0.39, 0.29) is 5.69 Å². The Kier molecular flexibility index (Phi) is 4.10. The molecule has 1 aromatic rings. The molecule has 0 unspecified atom stereocenters. The average Bonchev–Trinajstić information content (AvgIpc) is 2.29. The lowest BCUT2D eigenvalue weighted by Gasteiger charge is -1.95. The van der Waals surface area contributed by atoms with Crippen LogP contribution in [0.4, 0.5) is 5.69 Å². The van der Waals surface area contributed by atoms with Gasteiger partial charge in [-0.1, -0.05) is 0 Å². The average molecular weight is 223 g/mol. The van der Waals surface area contributed by atoms with Crippen molar-refractivity contribution >= 4 is 17.8 Å². The van der Waals surface area contributed by atoms with Gasteiger partial charge in [-0.25, -0.2) is 5.43 Å². The van der Waals surface area contributed by atoms with Crippen molar-refractivity contribution in [2.24, 2.45) is 5.10 Å². The van der Waals surface area contributed by atoms with E-state index in [4.69, 9.17) is 5.11 Å². The summed E-state index contributed by atoms with van der Waals surface area (Å²) in [5.41, 5.74) is 2.65. The van der Waals surface area contributed by atoms with Gasteiger partial charge in [-0.15, -0.1) is 0 Å². The third kappa shape index (κ3) is 3.46. The van der Waals surface area contributed by atoms with E-state index in [1.54, 1.807) is 0 Å². The van der Waals surface area contributed by atoms with Crippen LogP contribution in [-0.4, -0.2) is 28.8 Å². The predicted molar refractivity (Wildman–Crippen MR) is 55.9 cm³/mol. The highest BCUT2D eigenvalue weighted by Gasteiger charge is 2.02. The Balaban J connectivity index is 2.61. The van der Waals surface area contributed by atoms with E-state index in [0.29, 0.717) is 5.56 Å². The summed E-state index contributed by atoms with van der Waals surface area (Å²) in [6, 6.07) is 5.64. The summed E-state index contributed by atoms with van der Waals surface area (Å²) in [7, 11) is 0. The molecule has 7 nitrogen and oxygen atoms in total. The molecule has 7 heteroatoms. The van der Waals surface area contributed by atoms with E-state index in [1.165, 1.54) is 30.5 Å². The smallest absolute Gasteiger partial charge is 0.269 e. The first-order chi connectivity index (χ1) is 7.63. The van der Waals surface area contributed by atoms with E-state index in [1.807, 2.05) is 0 Å². The molecular formula is C9H9N3O4. The van der Waals surface area contributed by atoms with Crippen LogP contribution in [0.5, 0.6) is 0 Å². The SMILES string of the molecule is O=C(CO)NN=Cc1ccc([N+](=O)[O-])cc1. The number of nitrogens with one attached hydrogen (secondary N) is 1. The number of aliphatic hydroxyl groups is 1. The number of hydrogen-bond acceptors (Lipinski definition) is 5. The van der Waals surface area contributed by atoms with Crippen LogP contribution in [0.1, 0.15) is 5.56 Å². The first-order valence-electron chi connectivity index (χ1n) is 4.30. The number of carbonyl (C=O) groups is 1. The molecule has 16 heavy (non-hydrogen) atoms. The molecule has 0 saturated carbocycles. The summed E-state index contributed by atoms with van der Waals surface area (Å²) in [4.78, 5) is 20.4. The summed E-state index contributed by atoms with van der Waals surface area (Å²) in [5.74, 6) is -0.627. The Morgan fingerprint density at radius 1 is 1.50 bits per heavy atom. The van der Waals surface area contributed by atoms with Gasteiger partial charge in [0, 0.05) is 12.1 Å². The number of hydrogen-bond donors (Lipinski definition) is 2. The second-order valence-corrected chi connectivity index (χ2v) is 2.80. The van der Waals surface area contributed by atoms with Crippen LogP contribution >= 0.6 is 0 Å². The lowest BCUT2D eigenvalue weighted by atomic mass is 10.2. The molecule has 0 aliphatic heterocycles. The third-order valence-corrected chi connectivity index (χ3v) is 1.65. The Morgan fingerprint density at radius 3 is 2.62 bits per heavy atom. The van der Waals surface area contributed by atoms with Gasteiger partial charge >= 0.3 is 0 Å². The first kappa shape index (κ1) is 11.8. The molecule has 0 saturated heterocycles. The number of carbonyl (C=O) groups excluding carboxylic acids is 1. The van der Waals surface area contributed by atoms with Crippen molar-refractivity contribution in [3.63, 3.8) is 0 Å². The molecule has 84 valence electrons. The summed E-state index contributed by atoms with van der Waals surface area (Å²) >= 11 is 0. The fourth-order valence-electron chi connectivity index (χ4n) is 0.896. The lowest BCUT2D eigenvalue weighted by Crippen LogP contribution is -2.20. The van der Waals surface area contributed by atoms with Gasteiger partial charge in [-0.2, -0.15) is 5.10 Å². The van der Waals surface area contributed by atoms with Crippen molar-refractivity contribution in [3.05, 3.63) is 39.9 Å². The standard InChI is InChI=1S/C9H9N3O4/c13-6-9(14)11-10-5-7-1-3-8(4-2-7)12(15)16/h1-5,13H,6H2,(H,11,14). The van der Waals surface area contributed by atoms with Crippen LogP contribution in [0.15, 0.2) is 29.4 Å². The quantitative estimate of drug-likeness (QED) is 0.427. The van der Waals surface area contributed by atoms with Crippen molar-refractivity contribution in [1.82, 2.24) is 5.43 Å². The second-order valence-electron chi connectivity index (χ2n) is 2.80. The summed E-state index contributed by atoms with van der Waals surface area (Å²) in [6.07, 6.45) is 1.32.